The highest BCUT2D eigenvalue weighted by Gasteiger charge is 2.23. The van der Waals surface area contributed by atoms with Crippen molar-refractivity contribution in [2.24, 2.45) is 5.73 Å². The van der Waals surface area contributed by atoms with E-state index in [1.54, 1.807) is 5.01 Å². The molecule has 98 valence electrons. The lowest BCUT2D eigenvalue weighted by Gasteiger charge is -2.35. The highest BCUT2D eigenvalue weighted by atomic mass is 16.4. The topological polar surface area (TPSA) is 119 Å². The third-order valence-corrected chi connectivity index (χ3v) is 2.62. The molecule has 1 amide bonds. The fourth-order valence-corrected chi connectivity index (χ4v) is 1.64. The number of nitrogens with zero attached hydrogens (tertiary/aromatic N) is 2. The number of nitrogens with one attached hydrogen (secondary N) is 1. The first-order valence-corrected chi connectivity index (χ1v) is 5.47. The summed E-state index contributed by atoms with van der Waals surface area (Å²) in [5.41, 5.74) is 5.34. The van der Waals surface area contributed by atoms with Crippen LogP contribution < -0.4 is 11.1 Å². The van der Waals surface area contributed by atoms with E-state index < -0.39 is 18.1 Å². The summed E-state index contributed by atoms with van der Waals surface area (Å²) in [6.07, 6.45) is -0.976. The number of hydrogen-bond acceptors (Lipinski definition) is 5. The molecule has 5 N–H and O–H groups in total. The molecule has 8 nitrogen and oxygen atoms in total. The van der Waals surface area contributed by atoms with Crippen molar-refractivity contribution in [2.75, 3.05) is 32.7 Å². The van der Waals surface area contributed by atoms with Crippen molar-refractivity contribution in [3.8, 4) is 0 Å². The monoisotopic (exact) mass is 246 g/mol. The van der Waals surface area contributed by atoms with Crippen molar-refractivity contribution in [2.45, 2.75) is 12.5 Å². The predicted molar refractivity (Wildman–Crippen MR) is 59.4 cm³/mol. The van der Waals surface area contributed by atoms with E-state index in [9.17, 15) is 9.59 Å². The van der Waals surface area contributed by atoms with Crippen LogP contribution in [0.4, 0.5) is 4.79 Å². The summed E-state index contributed by atoms with van der Waals surface area (Å²) < 4.78 is 0. The van der Waals surface area contributed by atoms with Gasteiger partial charge in [-0.3, -0.25) is 4.79 Å². The van der Waals surface area contributed by atoms with Crippen LogP contribution in [0.2, 0.25) is 0 Å². The number of hydrazine groups is 1. The number of aliphatic carboxylic acids is 1. The molecule has 0 aromatic carbocycles. The van der Waals surface area contributed by atoms with Gasteiger partial charge in [-0.1, -0.05) is 0 Å². The normalized spacial score (nSPS) is 18.6. The molecule has 0 bridgehead atoms. The number of hydrogen-bond donors (Lipinski definition) is 4. The maximum atomic E-state index is 11.1. The van der Waals surface area contributed by atoms with Crippen LogP contribution >= 0.6 is 0 Å². The van der Waals surface area contributed by atoms with Gasteiger partial charge in [0.05, 0.1) is 0 Å². The zero-order valence-electron chi connectivity index (χ0n) is 9.50. The Morgan fingerprint density at radius 2 is 1.94 bits per heavy atom. The molecule has 1 aliphatic heterocycles. The SMILES string of the molecule is NC(CCN(C(=O)O)N1CCNCC1)C(=O)O. The molecule has 1 atom stereocenters. The van der Waals surface area contributed by atoms with Crippen LogP contribution in [0.1, 0.15) is 6.42 Å². The molecule has 0 aromatic rings. The maximum absolute atomic E-state index is 11.1. The number of carboxylic acid groups (broad SMARTS) is 2. The van der Waals surface area contributed by atoms with Gasteiger partial charge in [0, 0.05) is 32.7 Å². The average molecular weight is 246 g/mol. The molecule has 0 radical (unpaired) electrons. The van der Waals surface area contributed by atoms with Crippen molar-refractivity contribution in [3.63, 3.8) is 0 Å². The molecule has 1 fully saturated rings. The number of nitrogens with two attached hydrogens (primary N) is 1. The third kappa shape index (κ3) is 4.17. The van der Waals surface area contributed by atoms with Crippen molar-refractivity contribution in [1.82, 2.24) is 15.3 Å². The van der Waals surface area contributed by atoms with Gasteiger partial charge in [0.1, 0.15) is 6.04 Å². The fraction of sp³-hybridized carbons (Fsp3) is 0.778. The molecule has 0 saturated carbocycles. The van der Waals surface area contributed by atoms with Gasteiger partial charge in [0.25, 0.3) is 0 Å². The molecule has 17 heavy (non-hydrogen) atoms. The minimum absolute atomic E-state index is 0.100. The second kappa shape index (κ2) is 6.38. The number of carbonyl (C=O) groups is 2. The molecule has 1 heterocycles. The Labute approximate surface area is 98.9 Å². The summed E-state index contributed by atoms with van der Waals surface area (Å²) in [5, 5.41) is 23.6. The molecule has 1 saturated heterocycles. The molecule has 0 aromatic heterocycles. The van der Waals surface area contributed by atoms with E-state index in [2.05, 4.69) is 5.32 Å². The van der Waals surface area contributed by atoms with E-state index in [-0.39, 0.29) is 13.0 Å². The summed E-state index contributed by atoms with van der Waals surface area (Å²) in [4.78, 5) is 21.6. The van der Waals surface area contributed by atoms with E-state index >= 15 is 0 Å². The first kappa shape index (κ1) is 13.7. The van der Waals surface area contributed by atoms with Crippen molar-refractivity contribution in [3.05, 3.63) is 0 Å². The zero-order chi connectivity index (χ0) is 12.8. The second-order valence-electron chi connectivity index (χ2n) is 3.84. The molecule has 1 unspecified atom stereocenters. The summed E-state index contributed by atoms with van der Waals surface area (Å²) in [6.45, 7) is 2.72. The second-order valence-corrected chi connectivity index (χ2v) is 3.84. The van der Waals surface area contributed by atoms with Crippen molar-refractivity contribution >= 4 is 12.1 Å². The number of rotatable bonds is 5. The highest BCUT2D eigenvalue weighted by molar-refractivity contribution is 5.73. The number of amides is 1. The van der Waals surface area contributed by atoms with Gasteiger partial charge in [-0.15, -0.1) is 0 Å². The van der Waals surface area contributed by atoms with E-state index in [0.717, 1.165) is 18.1 Å². The summed E-state index contributed by atoms with van der Waals surface area (Å²) in [7, 11) is 0. The molecule has 1 rings (SSSR count). The van der Waals surface area contributed by atoms with Gasteiger partial charge in [0.15, 0.2) is 0 Å². The van der Waals surface area contributed by atoms with Gasteiger partial charge < -0.3 is 21.3 Å². The van der Waals surface area contributed by atoms with Crippen LogP contribution in [0, 0.1) is 0 Å². The lowest BCUT2D eigenvalue weighted by molar-refractivity contribution is -0.139. The van der Waals surface area contributed by atoms with Crippen LogP contribution in [-0.4, -0.2) is 71.1 Å². The van der Waals surface area contributed by atoms with Crippen molar-refractivity contribution < 1.29 is 19.8 Å². The summed E-state index contributed by atoms with van der Waals surface area (Å²) in [6, 6.07) is -1.03. The molecule has 8 heteroatoms. The largest absolute Gasteiger partial charge is 0.480 e. The minimum Gasteiger partial charge on any atom is -0.480 e. The Kier molecular flexibility index (Phi) is 5.13. The smallest absolute Gasteiger partial charge is 0.421 e. The first-order chi connectivity index (χ1) is 8.02. The Hall–Kier alpha value is -1.38. The van der Waals surface area contributed by atoms with Gasteiger partial charge >= 0.3 is 12.1 Å². The lowest BCUT2D eigenvalue weighted by Crippen LogP contribution is -2.55. The predicted octanol–water partition coefficient (Wildman–Crippen LogP) is -1.41. The Morgan fingerprint density at radius 3 is 2.41 bits per heavy atom. The average Bonchev–Trinajstić information content (AvgIpc) is 2.29. The molecular formula is C9H18N4O4. The lowest BCUT2D eigenvalue weighted by atomic mass is 10.2. The van der Waals surface area contributed by atoms with Gasteiger partial charge in [-0.05, 0) is 6.42 Å². The van der Waals surface area contributed by atoms with Crippen LogP contribution in [0.3, 0.4) is 0 Å². The number of piperazine rings is 1. The van der Waals surface area contributed by atoms with Crippen LogP contribution in [-0.2, 0) is 4.79 Å². The van der Waals surface area contributed by atoms with E-state index in [4.69, 9.17) is 15.9 Å². The standard InChI is InChI=1S/C9H18N4O4/c10-7(8(14)15)1-4-13(9(16)17)12-5-2-11-3-6-12/h7,11H,1-6,10H2,(H,14,15)(H,16,17). The fourth-order valence-electron chi connectivity index (χ4n) is 1.64. The van der Waals surface area contributed by atoms with Gasteiger partial charge in [-0.2, -0.15) is 0 Å². The Balaban J connectivity index is 2.48. The maximum Gasteiger partial charge on any atom is 0.421 e. The highest BCUT2D eigenvalue weighted by Crippen LogP contribution is 2.03. The van der Waals surface area contributed by atoms with Crippen LogP contribution in [0.15, 0.2) is 0 Å². The van der Waals surface area contributed by atoms with Gasteiger partial charge in [0.2, 0.25) is 0 Å². The van der Waals surface area contributed by atoms with E-state index in [1.807, 2.05) is 0 Å². The van der Waals surface area contributed by atoms with E-state index in [1.165, 1.54) is 0 Å². The third-order valence-electron chi connectivity index (χ3n) is 2.62. The Morgan fingerprint density at radius 1 is 1.35 bits per heavy atom. The molecular weight excluding hydrogens is 228 g/mol. The quantitative estimate of drug-likeness (QED) is 0.470. The van der Waals surface area contributed by atoms with Gasteiger partial charge in [-0.25, -0.2) is 14.8 Å². The number of carboxylic acids is 1. The van der Waals surface area contributed by atoms with E-state index in [0.29, 0.717) is 13.1 Å². The molecule has 1 aliphatic rings. The minimum atomic E-state index is -1.12. The first-order valence-electron chi connectivity index (χ1n) is 5.47. The summed E-state index contributed by atoms with van der Waals surface area (Å²) in [5.74, 6) is -1.12. The zero-order valence-corrected chi connectivity index (χ0v) is 9.50. The van der Waals surface area contributed by atoms with Crippen LogP contribution in [0.5, 0.6) is 0 Å². The van der Waals surface area contributed by atoms with Crippen LogP contribution in [0.25, 0.3) is 0 Å². The molecule has 0 aliphatic carbocycles. The Bertz CT molecular complexity index is 280. The van der Waals surface area contributed by atoms with Crippen molar-refractivity contribution in [1.29, 1.82) is 0 Å². The molecule has 0 spiro atoms. The summed E-state index contributed by atoms with van der Waals surface area (Å²) >= 11 is 0.